The number of aliphatic hydroxyl groups is 1. The molecule has 2 heterocycles. The van der Waals surface area contributed by atoms with Crippen LogP contribution in [0.5, 0.6) is 0 Å². The lowest BCUT2D eigenvalue weighted by atomic mass is 9.84. The molecule has 0 bridgehead atoms. The van der Waals surface area contributed by atoms with E-state index in [2.05, 4.69) is 9.88 Å². The normalized spacial score (nSPS) is 17.8. The van der Waals surface area contributed by atoms with E-state index >= 15 is 0 Å². The van der Waals surface area contributed by atoms with E-state index in [1.807, 2.05) is 41.8 Å². The van der Waals surface area contributed by atoms with E-state index < -0.39 is 5.60 Å². The minimum atomic E-state index is -0.671. The number of likely N-dealkylation sites (tertiary alicyclic amines) is 1. The SMILES string of the molecule is Cc1nc(Cl)c(Cl)n1CCCCN1CCC(O)(c2ccccc2)CC1. The van der Waals surface area contributed by atoms with Crippen LogP contribution in [-0.2, 0) is 12.1 Å². The van der Waals surface area contributed by atoms with Gasteiger partial charge < -0.3 is 14.6 Å². The molecule has 1 aromatic carbocycles. The van der Waals surface area contributed by atoms with Crippen LogP contribution in [0.3, 0.4) is 0 Å². The zero-order valence-corrected chi connectivity index (χ0v) is 16.1. The van der Waals surface area contributed by atoms with Gasteiger partial charge in [-0.25, -0.2) is 4.98 Å². The summed E-state index contributed by atoms with van der Waals surface area (Å²) in [7, 11) is 0. The van der Waals surface area contributed by atoms with E-state index in [4.69, 9.17) is 23.2 Å². The third kappa shape index (κ3) is 4.37. The Morgan fingerprint density at radius 1 is 1.08 bits per heavy atom. The van der Waals surface area contributed by atoms with Gasteiger partial charge in [-0.1, -0.05) is 53.5 Å². The molecule has 0 aliphatic carbocycles. The fourth-order valence-electron chi connectivity index (χ4n) is 3.55. The predicted octanol–water partition coefficient (Wildman–Crippen LogP) is 4.26. The van der Waals surface area contributed by atoms with E-state index in [9.17, 15) is 5.11 Å². The Morgan fingerprint density at radius 3 is 2.32 bits per heavy atom. The van der Waals surface area contributed by atoms with E-state index in [1.165, 1.54) is 0 Å². The largest absolute Gasteiger partial charge is 0.385 e. The highest BCUT2D eigenvalue weighted by atomic mass is 35.5. The average molecular weight is 382 g/mol. The number of aromatic nitrogens is 2. The molecule has 1 N–H and O–H groups in total. The number of imidazole rings is 1. The molecule has 6 heteroatoms. The summed E-state index contributed by atoms with van der Waals surface area (Å²) < 4.78 is 1.97. The predicted molar refractivity (Wildman–Crippen MR) is 102 cm³/mol. The maximum absolute atomic E-state index is 10.9. The first-order chi connectivity index (χ1) is 12.0. The molecule has 0 unspecified atom stereocenters. The van der Waals surface area contributed by atoms with Gasteiger partial charge in [-0.2, -0.15) is 0 Å². The Hall–Kier alpha value is -1.07. The number of rotatable bonds is 6. The van der Waals surface area contributed by atoms with E-state index in [1.54, 1.807) is 0 Å². The second kappa shape index (κ2) is 8.09. The Balaban J connectivity index is 1.42. The molecule has 0 amide bonds. The second-order valence-electron chi connectivity index (χ2n) is 6.84. The quantitative estimate of drug-likeness (QED) is 0.759. The Kier molecular flexibility index (Phi) is 6.05. The van der Waals surface area contributed by atoms with Gasteiger partial charge in [0.15, 0.2) is 5.15 Å². The van der Waals surface area contributed by atoms with Gasteiger partial charge in [-0.05, 0) is 44.7 Å². The number of nitrogens with zero attached hydrogens (tertiary/aromatic N) is 3. The average Bonchev–Trinajstić information content (AvgIpc) is 2.87. The summed E-state index contributed by atoms with van der Waals surface area (Å²) in [5, 5.41) is 11.8. The highest BCUT2D eigenvalue weighted by Crippen LogP contribution is 2.32. The topological polar surface area (TPSA) is 41.3 Å². The minimum absolute atomic E-state index is 0.385. The highest BCUT2D eigenvalue weighted by Gasteiger charge is 2.33. The van der Waals surface area contributed by atoms with Crippen molar-refractivity contribution in [2.75, 3.05) is 19.6 Å². The van der Waals surface area contributed by atoms with Crippen molar-refractivity contribution in [3.05, 3.63) is 52.0 Å². The Labute approximate surface area is 159 Å². The summed E-state index contributed by atoms with van der Waals surface area (Å²) >= 11 is 12.1. The molecule has 0 radical (unpaired) electrons. The summed E-state index contributed by atoms with van der Waals surface area (Å²) in [6.45, 7) is 5.67. The van der Waals surface area contributed by atoms with Crippen LogP contribution in [0.15, 0.2) is 30.3 Å². The molecule has 0 spiro atoms. The van der Waals surface area contributed by atoms with Crippen LogP contribution in [-0.4, -0.2) is 39.2 Å². The van der Waals surface area contributed by atoms with Gasteiger partial charge in [0.05, 0.1) is 5.60 Å². The zero-order valence-electron chi connectivity index (χ0n) is 14.6. The van der Waals surface area contributed by atoms with Gasteiger partial charge in [0.2, 0.25) is 0 Å². The molecular formula is C19H25Cl2N3O. The summed E-state index contributed by atoms with van der Waals surface area (Å²) in [5.74, 6) is 0.862. The van der Waals surface area contributed by atoms with Crippen molar-refractivity contribution in [1.82, 2.24) is 14.5 Å². The molecule has 1 saturated heterocycles. The zero-order chi connectivity index (χ0) is 17.9. The molecule has 1 aliphatic rings. The maximum Gasteiger partial charge on any atom is 0.166 e. The van der Waals surface area contributed by atoms with Gasteiger partial charge in [0, 0.05) is 19.6 Å². The van der Waals surface area contributed by atoms with E-state index in [0.717, 1.165) is 63.3 Å². The highest BCUT2D eigenvalue weighted by molar-refractivity contribution is 6.40. The van der Waals surface area contributed by atoms with Gasteiger partial charge in [0.25, 0.3) is 0 Å². The van der Waals surface area contributed by atoms with Gasteiger partial charge in [-0.3, -0.25) is 0 Å². The number of hydrogen-bond acceptors (Lipinski definition) is 3. The Bertz CT molecular complexity index is 694. The van der Waals surface area contributed by atoms with Crippen molar-refractivity contribution in [3.63, 3.8) is 0 Å². The standard InChI is InChI=1S/C19H25Cl2N3O/c1-15-22-17(20)18(21)24(15)12-6-5-11-23-13-9-19(25,10-14-23)16-7-3-2-4-8-16/h2-4,7-8,25H,5-6,9-14H2,1H3. The minimum Gasteiger partial charge on any atom is -0.385 e. The van der Waals surface area contributed by atoms with E-state index in [0.29, 0.717) is 10.3 Å². The first-order valence-corrected chi connectivity index (χ1v) is 9.63. The van der Waals surface area contributed by atoms with Crippen molar-refractivity contribution in [2.45, 2.75) is 44.8 Å². The van der Waals surface area contributed by atoms with Crippen molar-refractivity contribution in [2.24, 2.45) is 0 Å². The first-order valence-electron chi connectivity index (χ1n) is 8.88. The Morgan fingerprint density at radius 2 is 1.72 bits per heavy atom. The lowest BCUT2D eigenvalue weighted by Gasteiger charge is -2.38. The molecule has 1 fully saturated rings. The maximum atomic E-state index is 10.9. The second-order valence-corrected chi connectivity index (χ2v) is 7.55. The summed E-state index contributed by atoms with van der Waals surface area (Å²) in [5.41, 5.74) is 0.368. The lowest BCUT2D eigenvalue weighted by molar-refractivity contribution is -0.0261. The number of hydrogen-bond donors (Lipinski definition) is 1. The molecule has 25 heavy (non-hydrogen) atoms. The molecule has 2 aromatic rings. The number of aryl methyl sites for hydroxylation is 1. The van der Waals surface area contributed by atoms with Crippen LogP contribution in [0.1, 0.15) is 37.1 Å². The third-order valence-electron chi connectivity index (χ3n) is 5.16. The number of benzene rings is 1. The van der Waals surface area contributed by atoms with Crippen LogP contribution in [0.25, 0.3) is 0 Å². The van der Waals surface area contributed by atoms with Gasteiger partial charge in [0.1, 0.15) is 11.0 Å². The van der Waals surface area contributed by atoms with E-state index in [-0.39, 0.29) is 0 Å². The number of piperidine rings is 1. The third-order valence-corrected chi connectivity index (χ3v) is 5.90. The monoisotopic (exact) mass is 381 g/mol. The van der Waals surface area contributed by atoms with Crippen LogP contribution in [0.4, 0.5) is 0 Å². The number of halogens is 2. The van der Waals surface area contributed by atoms with Crippen molar-refractivity contribution in [1.29, 1.82) is 0 Å². The van der Waals surface area contributed by atoms with Crippen molar-refractivity contribution >= 4 is 23.2 Å². The molecule has 1 aliphatic heterocycles. The first kappa shape index (κ1) is 18.7. The summed E-state index contributed by atoms with van der Waals surface area (Å²) in [6.07, 6.45) is 3.71. The molecule has 0 atom stereocenters. The van der Waals surface area contributed by atoms with Crippen LogP contribution >= 0.6 is 23.2 Å². The summed E-state index contributed by atoms with van der Waals surface area (Å²) in [4.78, 5) is 6.62. The van der Waals surface area contributed by atoms with Crippen molar-refractivity contribution in [3.8, 4) is 0 Å². The van der Waals surface area contributed by atoms with Crippen LogP contribution in [0.2, 0.25) is 10.3 Å². The van der Waals surface area contributed by atoms with Gasteiger partial charge >= 0.3 is 0 Å². The lowest BCUT2D eigenvalue weighted by Crippen LogP contribution is -2.42. The molecule has 3 rings (SSSR count). The number of unbranched alkanes of at least 4 members (excludes halogenated alkanes) is 1. The molecule has 0 saturated carbocycles. The molecule has 1 aromatic heterocycles. The molecule has 4 nitrogen and oxygen atoms in total. The fourth-order valence-corrected chi connectivity index (χ4v) is 4.02. The molecule has 136 valence electrons. The van der Waals surface area contributed by atoms with Crippen LogP contribution in [0, 0.1) is 6.92 Å². The van der Waals surface area contributed by atoms with Crippen molar-refractivity contribution < 1.29 is 5.11 Å². The van der Waals surface area contributed by atoms with Gasteiger partial charge in [-0.15, -0.1) is 0 Å². The summed E-state index contributed by atoms with van der Waals surface area (Å²) in [6, 6.07) is 10.0. The smallest absolute Gasteiger partial charge is 0.166 e. The molecular weight excluding hydrogens is 357 g/mol. The van der Waals surface area contributed by atoms with Crippen LogP contribution < -0.4 is 0 Å². The fraction of sp³-hybridized carbons (Fsp3) is 0.526.